The molecule has 0 aromatic heterocycles. The average molecular weight is 389 g/mol. The minimum Gasteiger partial charge on any atom is -0.468 e. The van der Waals surface area contributed by atoms with Crippen molar-refractivity contribution in [3.05, 3.63) is 95.6 Å². The molecule has 0 saturated carbocycles. The summed E-state index contributed by atoms with van der Waals surface area (Å²) in [4.78, 5) is 11.9. The van der Waals surface area contributed by atoms with Gasteiger partial charge in [-0.1, -0.05) is 66.7 Å². The fourth-order valence-electron chi connectivity index (χ4n) is 3.60. The molecule has 0 spiro atoms. The molecule has 0 saturated heterocycles. The summed E-state index contributed by atoms with van der Waals surface area (Å²) >= 11 is 0. The zero-order valence-corrected chi connectivity index (χ0v) is 16.4. The van der Waals surface area contributed by atoms with Gasteiger partial charge in [0.25, 0.3) is 0 Å². The molecule has 29 heavy (non-hydrogen) atoms. The van der Waals surface area contributed by atoms with Crippen molar-refractivity contribution < 1.29 is 19.0 Å². The number of hydrogen-bond donors (Lipinski definition) is 1. The van der Waals surface area contributed by atoms with Crippen LogP contribution in [0, 0.1) is 0 Å². The standard InChI is InChI=1S/C24H23NO4/c1-23(25,22(26)27-2)16-17-13-14-20-21(15-17)29-24(28-20,18-9-5-3-6-10-18)19-11-7-4-8-12-19/h3-15H,16,25H2,1-2H3. The number of methoxy groups -OCH3 is 1. The molecule has 148 valence electrons. The molecular weight excluding hydrogens is 366 g/mol. The lowest BCUT2D eigenvalue weighted by Crippen LogP contribution is -2.47. The minimum atomic E-state index is -1.13. The molecule has 4 rings (SSSR count). The van der Waals surface area contributed by atoms with E-state index in [4.69, 9.17) is 19.9 Å². The number of nitrogens with two attached hydrogens (primary N) is 1. The van der Waals surface area contributed by atoms with Crippen LogP contribution >= 0.6 is 0 Å². The predicted molar refractivity (Wildman–Crippen MR) is 110 cm³/mol. The third-order valence-corrected chi connectivity index (χ3v) is 5.05. The van der Waals surface area contributed by atoms with Crippen molar-refractivity contribution in [1.29, 1.82) is 0 Å². The smallest absolute Gasteiger partial charge is 0.325 e. The van der Waals surface area contributed by atoms with Crippen LogP contribution in [0.1, 0.15) is 23.6 Å². The van der Waals surface area contributed by atoms with E-state index in [9.17, 15) is 4.79 Å². The molecule has 0 amide bonds. The maximum atomic E-state index is 11.9. The van der Waals surface area contributed by atoms with Crippen LogP contribution in [0.3, 0.4) is 0 Å². The number of carbonyl (C=O) groups is 1. The van der Waals surface area contributed by atoms with E-state index in [1.165, 1.54) is 7.11 Å². The van der Waals surface area contributed by atoms with E-state index in [-0.39, 0.29) is 0 Å². The van der Waals surface area contributed by atoms with Gasteiger partial charge < -0.3 is 19.9 Å². The quantitative estimate of drug-likeness (QED) is 0.672. The SMILES string of the molecule is COC(=O)C(C)(N)Cc1ccc2c(c1)OC(c1ccccc1)(c1ccccc1)O2. The summed E-state index contributed by atoms with van der Waals surface area (Å²) in [5, 5.41) is 0. The van der Waals surface area contributed by atoms with Gasteiger partial charge in [-0.2, -0.15) is 0 Å². The third kappa shape index (κ3) is 3.45. The van der Waals surface area contributed by atoms with Crippen LogP contribution in [0.25, 0.3) is 0 Å². The normalized spacial score (nSPS) is 16.1. The van der Waals surface area contributed by atoms with Gasteiger partial charge in [0.15, 0.2) is 11.5 Å². The highest BCUT2D eigenvalue weighted by Crippen LogP contribution is 2.48. The molecule has 5 heteroatoms. The fraction of sp³-hybridized carbons (Fsp3) is 0.208. The molecule has 1 unspecified atom stereocenters. The van der Waals surface area contributed by atoms with Gasteiger partial charge in [0.1, 0.15) is 5.54 Å². The lowest BCUT2D eigenvalue weighted by molar-refractivity contribution is -0.146. The third-order valence-electron chi connectivity index (χ3n) is 5.05. The van der Waals surface area contributed by atoms with E-state index in [0.29, 0.717) is 17.9 Å². The first-order valence-electron chi connectivity index (χ1n) is 9.44. The van der Waals surface area contributed by atoms with E-state index in [0.717, 1.165) is 16.7 Å². The highest BCUT2D eigenvalue weighted by molar-refractivity contribution is 5.80. The van der Waals surface area contributed by atoms with E-state index in [1.807, 2.05) is 78.9 Å². The topological polar surface area (TPSA) is 70.8 Å². The van der Waals surface area contributed by atoms with Crippen molar-refractivity contribution in [2.45, 2.75) is 24.7 Å². The van der Waals surface area contributed by atoms with Crippen LogP contribution in [0.15, 0.2) is 78.9 Å². The second-order valence-corrected chi connectivity index (χ2v) is 7.42. The fourth-order valence-corrected chi connectivity index (χ4v) is 3.60. The van der Waals surface area contributed by atoms with Crippen LogP contribution in [-0.2, 0) is 21.7 Å². The number of ether oxygens (including phenoxy) is 3. The van der Waals surface area contributed by atoms with Gasteiger partial charge in [0.2, 0.25) is 0 Å². The van der Waals surface area contributed by atoms with Gasteiger partial charge in [-0.15, -0.1) is 0 Å². The summed E-state index contributed by atoms with van der Waals surface area (Å²) in [7, 11) is 1.33. The van der Waals surface area contributed by atoms with Crippen LogP contribution in [0.2, 0.25) is 0 Å². The Hall–Kier alpha value is -3.31. The Labute approximate surface area is 170 Å². The van der Waals surface area contributed by atoms with E-state index in [2.05, 4.69) is 0 Å². The van der Waals surface area contributed by atoms with Crippen molar-refractivity contribution in [3.8, 4) is 11.5 Å². The Kier molecular flexibility index (Phi) is 4.76. The van der Waals surface area contributed by atoms with E-state index < -0.39 is 17.3 Å². The maximum absolute atomic E-state index is 11.9. The van der Waals surface area contributed by atoms with Gasteiger partial charge >= 0.3 is 11.8 Å². The van der Waals surface area contributed by atoms with Crippen molar-refractivity contribution in [3.63, 3.8) is 0 Å². The summed E-state index contributed by atoms with van der Waals surface area (Å²) in [6.07, 6.45) is 0.319. The second-order valence-electron chi connectivity index (χ2n) is 7.42. The predicted octanol–water partition coefficient (Wildman–Crippen LogP) is 3.79. The van der Waals surface area contributed by atoms with Gasteiger partial charge in [0.05, 0.1) is 7.11 Å². The molecule has 1 atom stereocenters. The first-order chi connectivity index (χ1) is 13.9. The molecule has 1 aliphatic rings. The summed E-state index contributed by atoms with van der Waals surface area (Å²) in [6, 6.07) is 25.3. The van der Waals surface area contributed by atoms with Gasteiger partial charge in [-0.3, -0.25) is 4.79 Å². The highest BCUT2D eigenvalue weighted by atomic mass is 16.7. The lowest BCUT2D eigenvalue weighted by Gasteiger charge is -2.28. The number of rotatable bonds is 5. The Morgan fingerprint density at radius 2 is 1.48 bits per heavy atom. The Morgan fingerprint density at radius 1 is 0.931 bits per heavy atom. The zero-order chi connectivity index (χ0) is 20.5. The molecule has 0 fully saturated rings. The molecule has 0 bridgehead atoms. The molecule has 2 N–H and O–H groups in total. The number of esters is 1. The molecule has 3 aromatic rings. The molecule has 3 aromatic carbocycles. The van der Waals surface area contributed by atoms with Crippen molar-refractivity contribution in [2.24, 2.45) is 5.73 Å². The van der Waals surface area contributed by atoms with Crippen molar-refractivity contribution in [2.75, 3.05) is 7.11 Å². The van der Waals surface area contributed by atoms with E-state index in [1.54, 1.807) is 6.92 Å². The minimum absolute atomic E-state index is 0.319. The van der Waals surface area contributed by atoms with Gasteiger partial charge in [-0.25, -0.2) is 0 Å². The Bertz CT molecular complexity index is 976. The molecule has 1 aliphatic heterocycles. The van der Waals surface area contributed by atoms with Crippen LogP contribution in [0.5, 0.6) is 11.5 Å². The summed E-state index contributed by atoms with van der Waals surface area (Å²) in [5.41, 5.74) is 7.65. The van der Waals surface area contributed by atoms with Crippen LogP contribution < -0.4 is 15.2 Å². The molecule has 1 heterocycles. The van der Waals surface area contributed by atoms with Crippen molar-refractivity contribution >= 4 is 5.97 Å². The highest BCUT2D eigenvalue weighted by Gasteiger charge is 2.45. The number of carbonyl (C=O) groups excluding carboxylic acids is 1. The lowest BCUT2D eigenvalue weighted by atomic mass is 9.94. The largest absolute Gasteiger partial charge is 0.468 e. The molecule has 0 radical (unpaired) electrons. The van der Waals surface area contributed by atoms with Crippen LogP contribution in [-0.4, -0.2) is 18.6 Å². The summed E-state index contributed by atoms with van der Waals surface area (Å²) in [5.74, 6) is -0.287. The zero-order valence-electron chi connectivity index (χ0n) is 16.4. The monoisotopic (exact) mass is 389 g/mol. The van der Waals surface area contributed by atoms with Crippen molar-refractivity contribution in [1.82, 2.24) is 0 Å². The molecule has 5 nitrogen and oxygen atoms in total. The number of benzene rings is 3. The molecular formula is C24H23NO4. The number of fused-ring (bicyclic) bond motifs is 1. The number of hydrogen-bond acceptors (Lipinski definition) is 5. The second kappa shape index (κ2) is 7.26. The van der Waals surface area contributed by atoms with Crippen LogP contribution in [0.4, 0.5) is 0 Å². The summed E-state index contributed by atoms with van der Waals surface area (Å²) in [6.45, 7) is 1.65. The Morgan fingerprint density at radius 3 is 2.03 bits per heavy atom. The van der Waals surface area contributed by atoms with Gasteiger partial charge in [-0.05, 0) is 24.6 Å². The van der Waals surface area contributed by atoms with E-state index >= 15 is 0 Å². The van der Waals surface area contributed by atoms with Gasteiger partial charge in [0, 0.05) is 17.5 Å². The summed E-state index contributed by atoms with van der Waals surface area (Å²) < 4.78 is 17.6. The Balaban J connectivity index is 1.71. The average Bonchev–Trinajstić information content (AvgIpc) is 3.14. The maximum Gasteiger partial charge on any atom is 0.325 e. The molecule has 0 aliphatic carbocycles. The first-order valence-corrected chi connectivity index (χ1v) is 9.44. The first kappa shape index (κ1) is 19.0.